The van der Waals surface area contributed by atoms with Gasteiger partial charge < -0.3 is 9.84 Å². The molecule has 0 bridgehead atoms. The first-order valence-corrected chi connectivity index (χ1v) is 6.47. The molecule has 1 unspecified atom stereocenters. The third kappa shape index (κ3) is 4.26. The molecule has 0 aliphatic carbocycles. The monoisotopic (exact) mass is 230 g/mol. The first kappa shape index (κ1) is 12.6. The lowest BCUT2D eigenvalue weighted by Gasteiger charge is -2.07. The van der Waals surface area contributed by atoms with E-state index in [1.165, 1.54) is 24.6 Å². The second-order valence-corrected chi connectivity index (χ2v) is 4.52. The van der Waals surface area contributed by atoms with Gasteiger partial charge in [-0.15, -0.1) is 11.8 Å². The summed E-state index contributed by atoms with van der Waals surface area (Å²) < 4.78 is 5.06. The number of hydrogen-bond acceptors (Lipinski definition) is 4. The van der Waals surface area contributed by atoms with Crippen LogP contribution in [-0.4, -0.2) is 29.5 Å². The van der Waals surface area contributed by atoms with Gasteiger partial charge in [-0.05, 0) is 11.8 Å². The Kier molecular flexibility index (Phi) is 5.79. The molecule has 86 valence electrons. The minimum Gasteiger partial charge on any atom is -0.462 e. The highest BCUT2D eigenvalue weighted by Crippen LogP contribution is 2.23. The molecule has 1 atom stereocenters. The van der Waals surface area contributed by atoms with Crippen molar-refractivity contribution in [3.05, 3.63) is 11.0 Å². The van der Waals surface area contributed by atoms with Crippen molar-refractivity contribution < 1.29 is 14.6 Å². The predicted molar refractivity (Wildman–Crippen MR) is 61.6 cm³/mol. The first-order chi connectivity index (χ1) is 7.25. The van der Waals surface area contributed by atoms with Gasteiger partial charge in [0.05, 0.1) is 18.3 Å². The van der Waals surface area contributed by atoms with E-state index in [-0.39, 0.29) is 5.97 Å². The molecule has 1 heterocycles. The van der Waals surface area contributed by atoms with Crippen LogP contribution < -0.4 is 0 Å². The van der Waals surface area contributed by atoms with Crippen molar-refractivity contribution in [2.45, 2.75) is 38.7 Å². The summed E-state index contributed by atoms with van der Waals surface area (Å²) in [7, 11) is 0. The molecule has 1 N–H and O–H groups in total. The van der Waals surface area contributed by atoms with Gasteiger partial charge in [-0.25, -0.2) is 4.79 Å². The number of aliphatic hydroxyl groups is 1. The minimum atomic E-state index is -0.641. The number of carbonyl (C=O) groups is 1. The third-order valence-corrected chi connectivity index (χ3v) is 3.22. The zero-order chi connectivity index (χ0) is 11.1. The van der Waals surface area contributed by atoms with Gasteiger partial charge in [-0.1, -0.05) is 26.2 Å². The molecule has 0 saturated carbocycles. The zero-order valence-corrected chi connectivity index (χ0v) is 9.89. The number of aliphatic hydroxyl groups excluding tert-OH is 1. The van der Waals surface area contributed by atoms with E-state index in [0.29, 0.717) is 17.9 Å². The van der Waals surface area contributed by atoms with Gasteiger partial charge >= 0.3 is 5.97 Å². The summed E-state index contributed by atoms with van der Waals surface area (Å²) in [5.74, 6) is 0.212. The molecule has 0 spiro atoms. The van der Waals surface area contributed by atoms with E-state index in [1.807, 2.05) is 0 Å². The van der Waals surface area contributed by atoms with Crippen molar-refractivity contribution in [3.8, 4) is 0 Å². The molecule has 1 rings (SSSR count). The van der Waals surface area contributed by atoms with Crippen LogP contribution in [0.15, 0.2) is 11.0 Å². The Labute approximate surface area is 94.9 Å². The molecule has 0 fully saturated rings. The number of esters is 1. The standard InChI is InChI=1S/C11H18O3S/c1-2-3-4-5-6-14-11(13)9-7-15-8-10(9)12/h7,10,12H,2-6,8H2,1H3. The van der Waals surface area contributed by atoms with Crippen molar-refractivity contribution in [3.63, 3.8) is 0 Å². The molecular formula is C11H18O3S. The summed E-state index contributed by atoms with van der Waals surface area (Å²) in [6, 6.07) is 0. The number of hydrogen-bond donors (Lipinski definition) is 1. The maximum atomic E-state index is 11.4. The van der Waals surface area contributed by atoms with E-state index in [2.05, 4.69) is 6.92 Å². The van der Waals surface area contributed by atoms with Crippen molar-refractivity contribution in [1.29, 1.82) is 0 Å². The van der Waals surface area contributed by atoms with Gasteiger partial charge in [-0.2, -0.15) is 0 Å². The minimum absolute atomic E-state index is 0.357. The molecule has 0 radical (unpaired) electrons. The number of carbonyl (C=O) groups excluding carboxylic acids is 1. The van der Waals surface area contributed by atoms with Crippen LogP contribution in [-0.2, 0) is 9.53 Å². The molecule has 1 aliphatic rings. The number of thioether (sulfide) groups is 1. The fourth-order valence-corrected chi connectivity index (χ4v) is 2.25. The lowest BCUT2D eigenvalue weighted by molar-refractivity contribution is -0.140. The zero-order valence-electron chi connectivity index (χ0n) is 9.07. The van der Waals surface area contributed by atoms with Crippen LogP contribution >= 0.6 is 11.8 Å². The summed E-state index contributed by atoms with van der Waals surface area (Å²) in [6.07, 6.45) is 3.72. The summed E-state index contributed by atoms with van der Waals surface area (Å²) in [5, 5.41) is 11.1. The van der Waals surface area contributed by atoms with E-state index in [9.17, 15) is 9.90 Å². The SMILES string of the molecule is CCCCCCOC(=O)C1=CSCC1O. The van der Waals surface area contributed by atoms with Crippen LogP contribution in [0.2, 0.25) is 0 Å². The van der Waals surface area contributed by atoms with Gasteiger partial charge in [0.2, 0.25) is 0 Å². The van der Waals surface area contributed by atoms with E-state index < -0.39 is 6.10 Å². The highest BCUT2D eigenvalue weighted by Gasteiger charge is 2.24. The average molecular weight is 230 g/mol. The average Bonchev–Trinajstić information content (AvgIpc) is 2.64. The third-order valence-electron chi connectivity index (χ3n) is 2.29. The molecule has 0 aromatic rings. The molecule has 3 nitrogen and oxygen atoms in total. The Morgan fingerprint density at radius 3 is 3.00 bits per heavy atom. The molecule has 0 aromatic heterocycles. The predicted octanol–water partition coefficient (Wildman–Crippen LogP) is 2.10. The van der Waals surface area contributed by atoms with E-state index in [0.717, 1.165) is 12.8 Å². The van der Waals surface area contributed by atoms with Crippen LogP contribution in [0.3, 0.4) is 0 Å². The summed E-state index contributed by atoms with van der Waals surface area (Å²) in [6.45, 7) is 2.61. The molecule has 0 aromatic carbocycles. The Balaban J connectivity index is 2.13. The van der Waals surface area contributed by atoms with E-state index in [4.69, 9.17) is 4.74 Å². The number of ether oxygens (including phenoxy) is 1. The summed E-state index contributed by atoms with van der Waals surface area (Å²) >= 11 is 1.45. The fourth-order valence-electron chi connectivity index (χ4n) is 1.36. The molecule has 1 aliphatic heterocycles. The Morgan fingerprint density at radius 2 is 2.40 bits per heavy atom. The Morgan fingerprint density at radius 1 is 1.60 bits per heavy atom. The normalized spacial score (nSPS) is 20.1. The van der Waals surface area contributed by atoms with Crippen molar-refractivity contribution in [2.75, 3.05) is 12.4 Å². The highest BCUT2D eigenvalue weighted by atomic mass is 32.2. The van der Waals surface area contributed by atoms with Crippen molar-refractivity contribution in [2.24, 2.45) is 0 Å². The van der Waals surface area contributed by atoms with Crippen LogP contribution in [0.25, 0.3) is 0 Å². The van der Waals surface area contributed by atoms with Gasteiger partial charge in [0.1, 0.15) is 0 Å². The van der Waals surface area contributed by atoms with Crippen LogP contribution in [0.1, 0.15) is 32.6 Å². The largest absolute Gasteiger partial charge is 0.462 e. The van der Waals surface area contributed by atoms with Gasteiger partial charge in [0.25, 0.3) is 0 Å². The molecule has 4 heteroatoms. The van der Waals surface area contributed by atoms with E-state index >= 15 is 0 Å². The quantitative estimate of drug-likeness (QED) is 0.560. The second-order valence-electron chi connectivity index (χ2n) is 3.62. The highest BCUT2D eigenvalue weighted by molar-refractivity contribution is 8.02. The van der Waals surface area contributed by atoms with Crippen molar-refractivity contribution in [1.82, 2.24) is 0 Å². The van der Waals surface area contributed by atoms with Gasteiger partial charge in [0, 0.05) is 5.75 Å². The Bertz CT molecular complexity index is 238. The van der Waals surface area contributed by atoms with Crippen LogP contribution in [0.4, 0.5) is 0 Å². The van der Waals surface area contributed by atoms with Crippen LogP contribution in [0, 0.1) is 0 Å². The lowest BCUT2D eigenvalue weighted by Crippen LogP contribution is -2.19. The topological polar surface area (TPSA) is 46.5 Å². The summed E-state index contributed by atoms with van der Waals surface area (Å²) in [5.41, 5.74) is 0.412. The molecular weight excluding hydrogens is 212 g/mol. The number of rotatable bonds is 6. The van der Waals surface area contributed by atoms with Gasteiger partial charge in [0.15, 0.2) is 0 Å². The fraction of sp³-hybridized carbons (Fsp3) is 0.727. The van der Waals surface area contributed by atoms with Crippen molar-refractivity contribution >= 4 is 17.7 Å². The smallest absolute Gasteiger partial charge is 0.337 e. The lowest BCUT2D eigenvalue weighted by atomic mass is 10.2. The maximum Gasteiger partial charge on any atom is 0.337 e. The molecule has 15 heavy (non-hydrogen) atoms. The second kappa shape index (κ2) is 6.90. The number of unbranched alkanes of at least 4 members (excludes halogenated alkanes) is 3. The van der Waals surface area contributed by atoms with E-state index in [1.54, 1.807) is 5.41 Å². The molecule has 0 saturated heterocycles. The van der Waals surface area contributed by atoms with Gasteiger partial charge in [-0.3, -0.25) is 0 Å². The Hall–Kier alpha value is -0.480. The summed E-state index contributed by atoms with van der Waals surface area (Å²) in [4.78, 5) is 11.4. The first-order valence-electron chi connectivity index (χ1n) is 5.42. The maximum absolute atomic E-state index is 11.4. The van der Waals surface area contributed by atoms with Crippen LogP contribution in [0.5, 0.6) is 0 Å². The molecule has 0 amide bonds.